The normalized spacial score (nSPS) is 15.2. The van der Waals surface area contributed by atoms with Crippen molar-refractivity contribution < 1.29 is 9.18 Å². The number of carbonyl (C=O) groups excluding carboxylic acids is 1. The molecule has 0 radical (unpaired) electrons. The number of amides is 1. The van der Waals surface area contributed by atoms with E-state index in [2.05, 4.69) is 20.2 Å². The van der Waals surface area contributed by atoms with Crippen LogP contribution in [-0.4, -0.2) is 40.4 Å². The van der Waals surface area contributed by atoms with Gasteiger partial charge in [-0.05, 0) is 49.3 Å². The molecule has 1 aliphatic rings. The number of nitrogens with two attached hydrogens (primary N) is 1. The van der Waals surface area contributed by atoms with Gasteiger partial charge in [0.25, 0.3) is 5.91 Å². The molecule has 4 rings (SSSR count). The van der Waals surface area contributed by atoms with Crippen molar-refractivity contribution >= 4 is 34.2 Å². The van der Waals surface area contributed by atoms with Gasteiger partial charge in [0.15, 0.2) is 0 Å². The standard InChI is InChI=1S/C20H19ClFN5O/c21-15-6-5-12(9-16(15)22)17(10-27-7-2-8-27)26-20-14-4-1-3-13(19(23)28)18(14)24-11-25-20/h1,3-6,9,11,17H,2,7-8,10H2,(H2,23,28)(H,24,25,26)/t17-/m1/s1. The first kappa shape index (κ1) is 18.6. The highest BCUT2D eigenvalue weighted by atomic mass is 35.5. The molecule has 0 unspecified atom stereocenters. The highest BCUT2D eigenvalue weighted by molar-refractivity contribution is 6.30. The fourth-order valence-electron chi connectivity index (χ4n) is 3.35. The van der Waals surface area contributed by atoms with Crippen LogP contribution in [0, 0.1) is 5.82 Å². The van der Waals surface area contributed by atoms with Crippen molar-refractivity contribution in [2.24, 2.45) is 5.73 Å². The van der Waals surface area contributed by atoms with E-state index in [0.29, 0.717) is 28.8 Å². The number of hydrogen-bond acceptors (Lipinski definition) is 5. The fraction of sp³-hybridized carbons (Fsp3) is 0.250. The van der Waals surface area contributed by atoms with Gasteiger partial charge in [0.1, 0.15) is 18.0 Å². The van der Waals surface area contributed by atoms with Crippen LogP contribution in [0.2, 0.25) is 5.02 Å². The molecule has 0 aliphatic carbocycles. The third-order valence-electron chi connectivity index (χ3n) is 4.98. The zero-order valence-corrected chi connectivity index (χ0v) is 15.8. The van der Waals surface area contributed by atoms with Gasteiger partial charge in [0.2, 0.25) is 0 Å². The van der Waals surface area contributed by atoms with Gasteiger partial charge in [-0.1, -0.05) is 23.7 Å². The topological polar surface area (TPSA) is 84.1 Å². The van der Waals surface area contributed by atoms with E-state index in [9.17, 15) is 9.18 Å². The van der Waals surface area contributed by atoms with Crippen LogP contribution in [0.4, 0.5) is 10.2 Å². The number of likely N-dealkylation sites (tertiary alicyclic amines) is 1. The number of benzene rings is 2. The molecule has 0 spiro atoms. The van der Waals surface area contributed by atoms with Crippen LogP contribution in [0.5, 0.6) is 0 Å². The fourth-order valence-corrected chi connectivity index (χ4v) is 3.47. The van der Waals surface area contributed by atoms with Gasteiger partial charge in [-0.25, -0.2) is 14.4 Å². The molecule has 144 valence electrons. The maximum Gasteiger partial charge on any atom is 0.250 e. The second-order valence-electron chi connectivity index (χ2n) is 6.81. The van der Waals surface area contributed by atoms with Crippen molar-refractivity contribution in [3.63, 3.8) is 0 Å². The van der Waals surface area contributed by atoms with E-state index in [1.54, 1.807) is 24.3 Å². The van der Waals surface area contributed by atoms with E-state index < -0.39 is 11.7 Å². The third-order valence-corrected chi connectivity index (χ3v) is 5.28. The lowest BCUT2D eigenvalue weighted by Gasteiger charge is -2.35. The summed E-state index contributed by atoms with van der Waals surface area (Å²) in [6.07, 6.45) is 2.54. The first-order valence-corrected chi connectivity index (χ1v) is 9.38. The number of para-hydroxylation sites is 1. The predicted octanol–water partition coefficient (Wildman–Crippen LogP) is 3.38. The summed E-state index contributed by atoms with van der Waals surface area (Å²) in [5.41, 5.74) is 7.05. The van der Waals surface area contributed by atoms with E-state index in [4.69, 9.17) is 17.3 Å². The van der Waals surface area contributed by atoms with Gasteiger partial charge in [-0.3, -0.25) is 4.79 Å². The predicted molar refractivity (Wildman–Crippen MR) is 107 cm³/mol. The van der Waals surface area contributed by atoms with E-state index in [-0.39, 0.29) is 11.1 Å². The number of rotatable bonds is 6. The highest BCUT2D eigenvalue weighted by Crippen LogP contribution is 2.29. The van der Waals surface area contributed by atoms with Gasteiger partial charge in [-0.2, -0.15) is 0 Å². The quantitative estimate of drug-likeness (QED) is 0.663. The molecule has 2 heterocycles. The van der Waals surface area contributed by atoms with Crippen molar-refractivity contribution in [2.75, 3.05) is 25.0 Å². The molecule has 1 atom stereocenters. The summed E-state index contributed by atoms with van der Waals surface area (Å²) in [6.45, 7) is 2.71. The maximum atomic E-state index is 14.1. The highest BCUT2D eigenvalue weighted by Gasteiger charge is 2.23. The van der Waals surface area contributed by atoms with Crippen LogP contribution in [0.15, 0.2) is 42.7 Å². The zero-order valence-electron chi connectivity index (χ0n) is 15.0. The smallest absolute Gasteiger partial charge is 0.250 e. The Kier molecular flexibility index (Phi) is 5.11. The monoisotopic (exact) mass is 399 g/mol. The Morgan fingerprint density at radius 1 is 1.29 bits per heavy atom. The minimum Gasteiger partial charge on any atom is -0.366 e. The Labute approximate surface area is 166 Å². The van der Waals surface area contributed by atoms with Crippen molar-refractivity contribution in [1.29, 1.82) is 0 Å². The van der Waals surface area contributed by atoms with Crippen LogP contribution in [-0.2, 0) is 0 Å². The summed E-state index contributed by atoms with van der Waals surface area (Å²) in [7, 11) is 0. The number of hydrogen-bond donors (Lipinski definition) is 2. The summed E-state index contributed by atoms with van der Waals surface area (Å²) in [4.78, 5) is 22.6. The lowest BCUT2D eigenvalue weighted by Crippen LogP contribution is -2.41. The van der Waals surface area contributed by atoms with E-state index in [1.165, 1.54) is 12.4 Å². The number of carbonyl (C=O) groups is 1. The maximum absolute atomic E-state index is 14.1. The second kappa shape index (κ2) is 7.69. The Hall–Kier alpha value is -2.77. The number of primary amides is 1. The molecular formula is C20H19ClFN5O. The van der Waals surface area contributed by atoms with Crippen molar-refractivity contribution in [3.05, 3.63) is 64.7 Å². The molecule has 1 fully saturated rings. The Bertz CT molecular complexity index is 1040. The van der Waals surface area contributed by atoms with Crippen molar-refractivity contribution in [1.82, 2.24) is 14.9 Å². The third kappa shape index (κ3) is 3.63. The molecule has 0 bridgehead atoms. The van der Waals surface area contributed by atoms with Gasteiger partial charge in [0, 0.05) is 11.9 Å². The van der Waals surface area contributed by atoms with Crippen LogP contribution in [0.1, 0.15) is 28.4 Å². The molecule has 1 amide bonds. The molecule has 8 heteroatoms. The molecular weight excluding hydrogens is 381 g/mol. The number of aromatic nitrogens is 2. The van der Waals surface area contributed by atoms with Crippen LogP contribution in [0.25, 0.3) is 10.9 Å². The minimum absolute atomic E-state index is 0.0880. The number of halogens is 2. The first-order valence-electron chi connectivity index (χ1n) is 9.00. The molecule has 1 saturated heterocycles. The van der Waals surface area contributed by atoms with Crippen LogP contribution >= 0.6 is 11.6 Å². The van der Waals surface area contributed by atoms with E-state index in [0.717, 1.165) is 25.1 Å². The molecule has 28 heavy (non-hydrogen) atoms. The summed E-state index contributed by atoms with van der Waals surface area (Å²) < 4.78 is 14.1. The molecule has 3 aromatic rings. The van der Waals surface area contributed by atoms with Gasteiger partial charge < -0.3 is 16.0 Å². The van der Waals surface area contributed by atoms with Crippen molar-refractivity contribution in [2.45, 2.75) is 12.5 Å². The van der Waals surface area contributed by atoms with Crippen LogP contribution in [0.3, 0.4) is 0 Å². The van der Waals surface area contributed by atoms with Gasteiger partial charge >= 0.3 is 0 Å². The summed E-state index contributed by atoms with van der Waals surface area (Å²) in [5, 5.41) is 4.17. The minimum atomic E-state index is -0.549. The molecule has 0 saturated carbocycles. The Morgan fingerprint density at radius 3 is 2.79 bits per heavy atom. The summed E-state index contributed by atoms with van der Waals surface area (Å²) in [5.74, 6) is -0.445. The van der Waals surface area contributed by atoms with E-state index in [1.807, 2.05) is 6.07 Å². The molecule has 1 aromatic heterocycles. The van der Waals surface area contributed by atoms with Crippen LogP contribution < -0.4 is 11.1 Å². The largest absolute Gasteiger partial charge is 0.366 e. The Balaban J connectivity index is 1.73. The number of anilines is 1. The van der Waals surface area contributed by atoms with Gasteiger partial charge in [0.05, 0.1) is 22.1 Å². The molecule has 2 aromatic carbocycles. The second-order valence-corrected chi connectivity index (χ2v) is 7.22. The lowest BCUT2D eigenvalue weighted by molar-refractivity contribution is 0.100. The number of nitrogens with one attached hydrogen (secondary N) is 1. The molecule has 3 N–H and O–H groups in total. The average Bonchev–Trinajstić information content (AvgIpc) is 2.65. The summed E-state index contributed by atoms with van der Waals surface area (Å²) >= 11 is 5.84. The van der Waals surface area contributed by atoms with E-state index >= 15 is 0 Å². The van der Waals surface area contributed by atoms with Gasteiger partial charge in [-0.15, -0.1) is 0 Å². The number of nitrogens with zero attached hydrogens (tertiary/aromatic N) is 3. The summed E-state index contributed by atoms with van der Waals surface area (Å²) in [6, 6.07) is 9.80. The average molecular weight is 400 g/mol. The Morgan fingerprint density at radius 2 is 2.11 bits per heavy atom. The zero-order chi connectivity index (χ0) is 19.7. The molecule has 6 nitrogen and oxygen atoms in total. The SMILES string of the molecule is NC(=O)c1cccc2c(N[C@H](CN3CCC3)c3ccc(Cl)c(F)c3)ncnc12. The number of fused-ring (bicyclic) bond motifs is 1. The first-order chi connectivity index (χ1) is 13.5. The molecule has 1 aliphatic heterocycles. The van der Waals surface area contributed by atoms with Crippen molar-refractivity contribution in [3.8, 4) is 0 Å². The lowest BCUT2D eigenvalue weighted by atomic mass is 10.0.